The van der Waals surface area contributed by atoms with Gasteiger partial charge in [0, 0.05) is 30.2 Å². The average molecular weight is 604 g/mol. The molecule has 0 saturated carbocycles. The molecule has 0 amide bonds. The number of fused-ring (bicyclic) bond motifs is 8. The van der Waals surface area contributed by atoms with Gasteiger partial charge in [0.1, 0.15) is 23.0 Å². The number of phenolic OH excluding ortho intramolecular Hbond substituents is 2. The Labute approximate surface area is 242 Å². The highest BCUT2D eigenvalue weighted by Gasteiger charge is 2.21. The number of halogens is 1. The van der Waals surface area contributed by atoms with Crippen molar-refractivity contribution in [2.45, 2.75) is 39.0 Å². The number of benzene rings is 4. The molecule has 40 heavy (non-hydrogen) atoms. The van der Waals surface area contributed by atoms with Crippen LogP contribution in [-0.4, -0.2) is 34.5 Å². The van der Waals surface area contributed by atoms with Gasteiger partial charge in [-0.1, -0.05) is 77.5 Å². The molecule has 0 heterocycles. The van der Waals surface area contributed by atoms with Crippen LogP contribution in [0.25, 0.3) is 0 Å². The van der Waals surface area contributed by atoms with E-state index >= 15 is 0 Å². The Morgan fingerprint density at radius 1 is 0.700 bits per heavy atom. The molecule has 0 atom stereocenters. The Bertz CT molecular complexity index is 1560. The number of hydrogen-bond acceptors (Lipinski definition) is 5. The summed E-state index contributed by atoms with van der Waals surface area (Å²) in [7, 11) is 0. The molecule has 1 aliphatic rings. The van der Waals surface area contributed by atoms with Crippen molar-refractivity contribution < 1.29 is 29.6 Å². The maximum absolute atomic E-state index is 11.4. The average Bonchev–Trinajstić information content (AvgIpc) is 2.92. The van der Waals surface area contributed by atoms with E-state index in [0.29, 0.717) is 49.2 Å². The fourth-order valence-corrected chi connectivity index (χ4v) is 5.83. The molecule has 1 aliphatic carbocycles. The second-order valence-electron chi connectivity index (χ2n) is 10.0. The number of para-hydroxylation sites is 3. The molecule has 8 bridgehead atoms. The van der Waals surface area contributed by atoms with Crippen LogP contribution in [0.2, 0.25) is 0 Å². The van der Waals surface area contributed by atoms with Crippen molar-refractivity contribution in [1.29, 1.82) is 0 Å². The third kappa shape index (κ3) is 5.94. The lowest BCUT2D eigenvalue weighted by molar-refractivity contribution is -0.139. The second kappa shape index (κ2) is 12.0. The summed E-state index contributed by atoms with van der Waals surface area (Å²) in [5, 5.41) is 32.1. The van der Waals surface area contributed by atoms with E-state index in [0.717, 1.165) is 50.0 Å². The lowest BCUT2D eigenvalue weighted by Gasteiger charge is -2.20. The predicted molar refractivity (Wildman–Crippen MR) is 157 cm³/mol. The minimum absolute atomic E-state index is 0.180. The standard InChI is InChI=1S/C33H31BrO6/c1-2-12-39-32-22-8-4-10-24(32)15-26-17-28(34)18-27(31(26)38)16-25-11-5-9-23(33(25)40-19-29(35)36)14-21-7-3-6-20(13-22)30(21)37/h3-11,17-18,37-38H,2,12-16,19H2,1H3,(H,35,36). The molecule has 5 rings (SSSR count). The summed E-state index contributed by atoms with van der Waals surface area (Å²) < 4.78 is 12.9. The summed E-state index contributed by atoms with van der Waals surface area (Å²) in [6, 6.07) is 21.1. The van der Waals surface area contributed by atoms with Gasteiger partial charge < -0.3 is 24.8 Å². The molecule has 0 aliphatic heterocycles. The Morgan fingerprint density at radius 3 is 1.55 bits per heavy atom. The zero-order chi connectivity index (χ0) is 28.2. The smallest absolute Gasteiger partial charge is 0.341 e. The predicted octanol–water partition coefficient (Wildman–Crippen LogP) is 6.79. The van der Waals surface area contributed by atoms with E-state index in [-0.39, 0.29) is 11.5 Å². The van der Waals surface area contributed by atoms with Gasteiger partial charge in [-0.05, 0) is 63.1 Å². The van der Waals surface area contributed by atoms with Gasteiger partial charge in [0.25, 0.3) is 0 Å². The minimum Gasteiger partial charge on any atom is -0.507 e. The van der Waals surface area contributed by atoms with Gasteiger partial charge in [-0.15, -0.1) is 0 Å². The monoisotopic (exact) mass is 602 g/mol. The molecule has 0 fully saturated rings. The number of carboxylic acids is 1. The molecule has 0 unspecified atom stereocenters. The maximum atomic E-state index is 11.4. The number of hydrogen-bond donors (Lipinski definition) is 3. The summed E-state index contributed by atoms with van der Waals surface area (Å²) in [5.41, 5.74) is 6.29. The van der Waals surface area contributed by atoms with Crippen LogP contribution >= 0.6 is 15.9 Å². The molecule has 0 aromatic heterocycles. The lowest BCUT2D eigenvalue weighted by Crippen LogP contribution is -2.12. The Kier molecular flexibility index (Phi) is 8.31. The normalized spacial score (nSPS) is 12.6. The van der Waals surface area contributed by atoms with Gasteiger partial charge >= 0.3 is 5.97 Å². The molecule has 0 radical (unpaired) electrons. The van der Waals surface area contributed by atoms with Gasteiger partial charge in [0.05, 0.1) is 6.61 Å². The van der Waals surface area contributed by atoms with Crippen LogP contribution in [0, 0.1) is 0 Å². The quantitative estimate of drug-likeness (QED) is 0.198. The summed E-state index contributed by atoms with van der Waals surface area (Å²) in [5.74, 6) is 0.518. The lowest BCUT2D eigenvalue weighted by atomic mass is 9.91. The Morgan fingerprint density at radius 2 is 1.10 bits per heavy atom. The summed E-state index contributed by atoms with van der Waals surface area (Å²) in [6.07, 6.45) is 2.43. The molecule has 0 saturated heterocycles. The second-order valence-corrected chi connectivity index (χ2v) is 11.0. The van der Waals surface area contributed by atoms with Crippen molar-refractivity contribution >= 4 is 21.9 Å². The summed E-state index contributed by atoms with van der Waals surface area (Å²) >= 11 is 3.62. The van der Waals surface area contributed by atoms with Crippen LogP contribution in [0.1, 0.15) is 57.9 Å². The SMILES string of the molecule is CCCOc1c2cccc1Cc1cc(Br)cc(c1O)Cc1cccc(c1OCC(=O)O)Cc1cccc(c1O)C2. The van der Waals surface area contributed by atoms with Crippen molar-refractivity contribution in [2.75, 3.05) is 13.2 Å². The van der Waals surface area contributed by atoms with Crippen LogP contribution in [0.4, 0.5) is 0 Å². The zero-order valence-corrected chi connectivity index (χ0v) is 23.8. The first-order chi connectivity index (χ1) is 19.3. The van der Waals surface area contributed by atoms with Gasteiger partial charge in [0.15, 0.2) is 6.61 Å². The van der Waals surface area contributed by atoms with E-state index in [4.69, 9.17) is 9.47 Å². The van der Waals surface area contributed by atoms with E-state index in [1.165, 1.54) is 0 Å². The van der Waals surface area contributed by atoms with Gasteiger partial charge in [-0.3, -0.25) is 0 Å². The molecular weight excluding hydrogens is 572 g/mol. The fourth-order valence-electron chi connectivity index (χ4n) is 5.28. The highest BCUT2D eigenvalue weighted by molar-refractivity contribution is 9.10. The summed E-state index contributed by atoms with van der Waals surface area (Å²) in [6.45, 7) is 2.12. The highest BCUT2D eigenvalue weighted by atomic mass is 79.9. The number of ether oxygens (including phenoxy) is 2. The fraction of sp³-hybridized carbons (Fsp3) is 0.242. The van der Waals surface area contributed by atoms with Crippen molar-refractivity contribution in [1.82, 2.24) is 0 Å². The van der Waals surface area contributed by atoms with Crippen molar-refractivity contribution in [2.24, 2.45) is 0 Å². The molecule has 6 nitrogen and oxygen atoms in total. The first kappa shape index (κ1) is 27.6. The molecule has 206 valence electrons. The molecule has 3 N–H and O–H groups in total. The van der Waals surface area contributed by atoms with E-state index in [1.54, 1.807) is 0 Å². The van der Waals surface area contributed by atoms with Crippen LogP contribution in [-0.2, 0) is 30.5 Å². The van der Waals surface area contributed by atoms with E-state index in [9.17, 15) is 20.1 Å². The van der Waals surface area contributed by atoms with Crippen LogP contribution in [0.5, 0.6) is 23.0 Å². The van der Waals surface area contributed by atoms with Gasteiger partial charge in [-0.2, -0.15) is 0 Å². The maximum Gasteiger partial charge on any atom is 0.341 e. The largest absolute Gasteiger partial charge is 0.507 e. The third-order valence-corrected chi connectivity index (χ3v) is 7.56. The van der Waals surface area contributed by atoms with Crippen molar-refractivity contribution in [3.05, 3.63) is 116 Å². The minimum atomic E-state index is -1.08. The number of phenols is 2. The number of carbonyl (C=O) groups is 1. The van der Waals surface area contributed by atoms with Crippen molar-refractivity contribution in [3.63, 3.8) is 0 Å². The molecule has 7 heteroatoms. The van der Waals surface area contributed by atoms with Crippen molar-refractivity contribution in [3.8, 4) is 23.0 Å². The number of rotatable bonds is 6. The number of aromatic hydroxyl groups is 2. The first-order valence-corrected chi connectivity index (χ1v) is 14.1. The van der Waals surface area contributed by atoms with Gasteiger partial charge in [0.2, 0.25) is 0 Å². The van der Waals surface area contributed by atoms with Crippen LogP contribution < -0.4 is 9.47 Å². The summed E-state index contributed by atoms with van der Waals surface area (Å²) in [4.78, 5) is 11.4. The van der Waals surface area contributed by atoms with Crippen LogP contribution in [0.3, 0.4) is 0 Å². The molecular formula is C33H31BrO6. The molecule has 4 aromatic carbocycles. The van der Waals surface area contributed by atoms with E-state index in [2.05, 4.69) is 22.9 Å². The number of carboxylic acid groups (broad SMARTS) is 1. The van der Waals surface area contributed by atoms with E-state index < -0.39 is 12.6 Å². The topological polar surface area (TPSA) is 96.2 Å². The van der Waals surface area contributed by atoms with E-state index in [1.807, 2.05) is 66.7 Å². The Hall–Kier alpha value is -3.97. The first-order valence-electron chi connectivity index (χ1n) is 13.3. The molecule has 4 aromatic rings. The zero-order valence-electron chi connectivity index (χ0n) is 22.2. The highest BCUT2D eigenvalue weighted by Crippen LogP contribution is 2.39. The third-order valence-electron chi connectivity index (χ3n) is 7.11. The van der Waals surface area contributed by atoms with Crippen LogP contribution in [0.15, 0.2) is 71.2 Å². The molecule has 0 spiro atoms. The Balaban J connectivity index is 1.72. The van der Waals surface area contributed by atoms with Gasteiger partial charge in [-0.25, -0.2) is 4.79 Å². The number of aliphatic carboxylic acids is 1.